The van der Waals surface area contributed by atoms with Crippen LogP contribution in [0.4, 0.5) is 5.69 Å². The predicted octanol–water partition coefficient (Wildman–Crippen LogP) is 6.48. The molecule has 0 spiro atoms. The van der Waals surface area contributed by atoms with Crippen LogP contribution in [0.5, 0.6) is 0 Å². The molecule has 1 N–H and O–H groups in total. The molecule has 2 unspecified atom stereocenters. The molecule has 0 radical (unpaired) electrons. The highest BCUT2D eigenvalue weighted by Crippen LogP contribution is 2.31. The third-order valence-corrected chi connectivity index (χ3v) is 9.55. The highest BCUT2D eigenvalue weighted by Gasteiger charge is 2.33. The summed E-state index contributed by atoms with van der Waals surface area (Å²) in [6.07, 6.45) is 0.705. The van der Waals surface area contributed by atoms with Crippen LogP contribution >= 0.6 is 34.8 Å². The minimum absolute atomic E-state index is 0.00142. The fourth-order valence-corrected chi connectivity index (χ4v) is 5.97. The van der Waals surface area contributed by atoms with Gasteiger partial charge in [0.15, 0.2) is 0 Å². The first-order valence-electron chi connectivity index (χ1n) is 12.7. The van der Waals surface area contributed by atoms with E-state index < -0.39 is 28.5 Å². The molecular formula is C29H32Cl3N3O4S. The van der Waals surface area contributed by atoms with Gasteiger partial charge >= 0.3 is 0 Å². The summed E-state index contributed by atoms with van der Waals surface area (Å²) >= 11 is 18.6. The van der Waals surface area contributed by atoms with Crippen molar-refractivity contribution in [2.45, 2.75) is 57.6 Å². The third kappa shape index (κ3) is 7.49. The van der Waals surface area contributed by atoms with E-state index in [9.17, 15) is 18.0 Å². The normalized spacial score (nSPS) is 12.9. The van der Waals surface area contributed by atoms with E-state index in [2.05, 4.69) is 5.32 Å². The Bertz CT molecular complexity index is 1470. The van der Waals surface area contributed by atoms with E-state index in [4.69, 9.17) is 34.8 Å². The topological polar surface area (TPSA) is 86.8 Å². The monoisotopic (exact) mass is 623 g/mol. The summed E-state index contributed by atoms with van der Waals surface area (Å²) in [4.78, 5) is 28.5. The van der Waals surface area contributed by atoms with E-state index in [0.29, 0.717) is 32.6 Å². The molecule has 40 heavy (non-hydrogen) atoms. The lowest BCUT2D eigenvalue weighted by molar-refractivity contribution is -0.139. The summed E-state index contributed by atoms with van der Waals surface area (Å²) in [6, 6.07) is 16.6. The molecule has 0 saturated heterocycles. The average molecular weight is 625 g/mol. The molecule has 0 aromatic heterocycles. The summed E-state index contributed by atoms with van der Waals surface area (Å²) in [7, 11) is -4.19. The van der Waals surface area contributed by atoms with Gasteiger partial charge in [0.25, 0.3) is 10.0 Å². The molecule has 11 heteroatoms. The largest absolute Gasteiger partial charge is 0.352 e. The second-order valence-corrected chi connectivity index (χ2v) is 12.6. The van der Waals surface area contributed by atoms with Crippen LogP contribution in [0.15, 0.2) is 71.6 Å². The van der Waals surface area contributed by atoms with E-state index in [-0.39, 0.29) is 29.1 Å². The number of halogens is 3. The van der Waals surface area contributed by atoms with Gasteiger partial charge in [-0.25, -0.2) is 8.42 Å². The number of carbonyl (C=O) groups excluding carboxylic acids is 2. The first kappa shape index (κ1) is 31.7. The number of carbonyl (C=O) groups is 2. The van der Waals surface area contributed by atoms with E-state index in [0.717, 1.165) is 4.31 Å². The number of benzene rings is 3. The quantitative estimate of drug-likeness (QED) is 0.265. The number of anilines is 1. The lowest BCUT2D eigenvalue weighted by Crippen LogP contribution is -2.52. The Morgan fingerprint density at radius 1 is 0.900 bits per heavy atom. The van der Waals surface area contributed by atoms with Crippen molar-refractivity contribution in [3.63, 3.8) is 0 Å². The van der Waals surface area contributed by atoms with Crippen LogP contribution in [0.1, 0.15) is 38.3 Å². The number of rotatable bonds is 11. The molecule has 0 saturated carbocycles. The molecule has 3 aromatic carbocycles. The Hall–Kier alpha value is -2.78. The van der Waals surface area contributed by atoms with Gasteiger partial charge in [-0.1, -0.05) is 72.1 Å². The van der Waals surface area contributed by atoms with Crippen LogP contribution in [0.3, 0.4) is 0 Å². The first-order chi connectivity index (χ1) is 18.9. The SMILES string of the molecule is CCC(C)NC(=O)C(C)N(Cc1ccc(Cl)c(Cl)c1)C(=O)CN(c1cccc(Cl)c1C)S(=O)(=O)c1ccccc1. The van der Waals surface area contributed by atoms with Crippen molar-refractivity contribution < 1.29 is 18.0 Å². The number of amides is 2. The molecular weight excluding hydrogens is 593 g/mol. The van der Waals surface area contributed by atoms with Crippen LogP contribution in [0.2, 0.25) is 15.1 Å². The maximum atomic E-state index is 14.0. The van der Waals surface area contributed by atoms with E-state index in [1.807, 2.05) is 13.8 Å². The van der Waals surface area contributed by atoms with E-state index >= 15 is 0 Å². The van der Waals surface area contributed by atoms with Gasteiger partial charge in [0.1, 0.15) is 12.6 Å². The van der Waals surface area contributed by atoms with Crippen LogP contribution in [-0.2, 0) is 26.2 Å². The molecule has 7 nitrogen and oxygen atoms in total. The Labute approximate surface area is 251 Å². The van der Waals surface area contributed by atoms with E-state index in [1.165, 1.54) is 17.0 Å². The van der Waals surface area contributed by atoms with Crippen molar-refractivity contribution in [2.24, 2.45) is 0 Å². The minimum atomic E-state index is -4.19. The van der Waals surface area contributed by atoms with Crippen molar-refractivity contribution in [1.82, 2.24) is 10.2 Å². The Kier molecular flexibility index (Phi) is 10.9. The van der Waals surface area contributed by atoms with Crippen molar-refractivity contribution in [1.29, 1.82) is 0 Å². The zero-order valence-corrected chi connectivity index (χ0v) is 25.8. The lowest BCUT2D eigenvalue weighted by Gasteiger charge is -2.33. The van der Waals surface area contributed by atoms with Gasteiger partial charge in [-0.2, -0.15) is 0 Å². The summed E-state index contributed by atoms with van der Waals surface area (Å²) in [5.41, 5.74) is 1.38. The maximum Gasteiger partial charge on any atom is 0.264 e. The summed E-state index contributed by atoms with van der Waals surface area (Å²) in [5.74, 6) is -0.948. The molecule has 0 fully saturated rings. The predicted molar refractivity (Wildman–Crippen MR) is 162 cm³/mol. The summed E-state index contributed by atoms with van der Waals surface area (Å²) in [5, 5.41) is 3.90. The van der Waals surface area contributed by atoms with Crippen molar-refractivity contribution in [3.8, 4) is 0 Å². The molecule has 0 aliphatic carbocycles. The molecule has 3 aromatic rings. The third-order valence-electron chi connectivity index (χ3n) is 6.62. The Balaban J connectivity index is 2.07. The molecule has 0 bridgehead atoms. The average Bonchev–Trinajstić information content (AvgIpc) is 2.93. The van der Waals surface area contributed by atoms with Gasteiger partial charge < -0.3 is 10.2 Å². The smallest absolute Gasteiger partial charge is 0.264 e. The minimum Gasteiger partial charge on any atom is -0.352 e. The molecule has 3 rings (SSSR count). The van der Waals surface area contributed by atoms with Crippen molar-refractivity contribution in [3.05, 3.63) is 92.9 Å². The lowest BCUT2D eigenvalue weighted by atomic mass is 10.1. The van der Waals surface area contributed by atoms with Crippen LogP contribution in [-0.4, -0.2) is 43.8 Å². The zero-order chi connectivity index (χ0) is 29.6. The zero-order valence-electron chi connectivity index (χ0n) is 22.7. The first-order valence-corrected chi connectivity index (χ1v) is 15.3. The van der Waals surface area contributed by atoms with Gasteiger partial charge in [-0.05, 0) is 74.7 Å². The van der Waals surface area contributed by atoms with E-state index in [1.54, 1.807) is 68.4 Å². The molecule has 2 atom stereocenters. The van der Waals surface area contributed by atoms with Crippen LogP contribution < -0.4 is 9.62 Å². The molecule has 214 valence electrons. The molecule has 0 heterocycles. The summed E-state index contributed by atoms with van der Waals surface area (Å²) < 4.78 is 28.8. The number of nitrogens with zero attached hydrogens (tertiary/aromatic N) is 2. The van der Waals surface area contributed by atoms with Crippen LogP contribution in [0.25, 0.3) is 0 Å². The fourth-order valence-electron chi connectivity index (χ4n) is 3.98. The van der Waals surface area contributed by atoms with Crippen molar-refractivity contribution >= 4 is 62.3 Å². The highest BCUT2D eigenvalue weighted by atomic mass is 35.5. The van der Waals surface area contributed by atoms with Gasteiger partial charge in [0.2, 0.25) is 11.8 Å². The van der Waals surface area contributed by atoms with Gasteiger partial charge in [-0.3, -0.25) is 13.9 Å². The summed E-state index contributed by atoms with van der Waals surface area (Å²) in [6.45, 7) is 6.53. The second kappa shape index (κ2) is 13.7. The Morgan fingerprint density at radius 3 is 2.20 bits per heavy atom. The number of sulfonamides is 1. The highest BCUT2D eigenvalue weighted by molar-refractivity contribution is 7.92. The molecule has 0 aliphatic heterocycles. The maximum absolute atomic E-state index is 14.0. The number of hydrogen-bond acceptors (Lipinski definition) is 4. The fraction of sp³-hybridized carbons (Fsp3) is 0.310. The van der Waals surface area contributed by atoms with Crippen LogP contribution in [0, 0.1) is 6.92 Å². The number of hydrogen-bond donors (Lipinski definition) is 1. The van der Waals surface area contributed by atoms with Gasteiger partial charge in [0, 0.05) is 17.6 Å². The van der Waals surface area contributed by atoms with Crippen molar-refractivity contribution in [2.75, 3.05) is 10.8 Å². The standard InChI is InChI=1S/C29H32Cl3N3O4S/c1-5-19(2)33-29(37)21(4)34(17-22-14-15-25(31)26(32)16-22)28(36)18-35(27-13-9-12-24(30)20(27)3)40(38,39)23-10-7-6-8-11-23/h6-16,19,21H,5,17-18H2,1-4H3,(H,33,37). The Morgan fingerprint density at radius 2 is 1.57 bits per heavy atom. The van der Waals surface area contributed by atoms with Gasteiger partial charge in [-0.15, -0.1) is 0 Å². The number of nitrogens with one attached hydrogen (secondary N) is 1. The second-order valence-electron chi connectivity index (χ2n) is 9.47. The molecule has 0 aliphatic rings. The molecule has 2 amide bonds. The van der Waals surface area contributed by atoms with Gasteiger partial charge in [0.05, 0.1) is 20.6 Å².